The molecule has 0 saturated carbocycles. The lowest BCUT2D eigenvalue weighted by molar-refractivity contribution is -0.134. The van der Waals surface area contributed by atoms with E-state index in [2.05, 4.69) is 25.1 Å². The Hall–Kier alpha value is -2.48. The number of H-pyrrole nitrogens is 1. The Bertz CT molecular complexity index is 758. The number of carbonyl (C=O) groups excluding carboxylic acids is 1. The van der Waals surface area contributed by atoms with Crippen LogP contribution in [-0.4, -0.2) is 68.4 Å². The Labute approximate surface area is 165 Å². The highest BCUT2D eigenvalue weighted by Crippen LogP contribution is 2.41. The molecule has 1 unspecified atom stereocenters. The molecule has 2 fully saturated rings. The number of nitrogens with zero attached hydrogens (tertiary/aromatic N) is 5. The second-order valence-electron chi connectivity index (χ2n) is 8.14. The van der Waals surface area contributed by atoms with E-state index in [0.29, 0.717) is 13.0 Å². The molecule has 0 aliphatic carbocycles. The number of aliphatic hydroxyl groups is 1. The van der Waals surface area contributed by atoms with Crippen molar-refractivity contribution in [1.29, 1.82) is 0 Å². The number of β-amino-alcohol motifs (C(OH)–C–C–N with tert-alkyl or cyclic N) is 1. The summed E-state index contributed by atoms with van der Waals surface area (Å²) in [5.74, 6) is 1.05. The van der Waals surface area contributed by atoms with E-state index >= 15 is 0 Å². The second-order valence-corrected chi connectivity index (χ2v) is 8.14. The van der Waals surface area contributed by atoms with Crippen LogP contribution in [0.3, 0.4) is 0 Å². The number of rotatable bonds is 5. The number of aryl methyl sites for hydroxylation is 1. The quantitative estimate of drug-likeness (QED) is 0.809. The normalized spacial score (nSPS) is 21.8. The molecule has 2 aromatic rings. The van der Waals surface area contributed by atoms with E-state index in [1.807, 2.05) is 17.3 Å². The van der Waals surface area contributed by atoms with Gasteiger partial charge in [0.15, 0.2) is 0 Å². The van der Waals surface area contributed by atoms with E-state index in [4.69, 9.17) is 0 Å². The van der Waals surface area contributed by atoms with Crippen LogP contribution in [0.5, 0.6) is 0 Å². The Morgan fingerprint density at radius 3 is 2.86 bits per heavy atom. The van der Waals surface area contributed by atoms with Gasteiger partial charge in [-0.25, -0.2) is 4.98 Å². The van der Waals surface area contributed by atoms with Gasteiger partial charge in [-0.1, -0.05) is 0 Å². The number of piperidine rings is 2. The molecular weight excluding hydrogens is 356 g/mol. The Morgan fingerprint density at radius 2 is 2.14 bits per heavy atom. The van der Waals surface area contributed by atoms with Gasteiger partial charge in [0.05, 0.1) is 18.5 Å². The lowest BCUT2D eigenvalue weighted by atomic mass is 9.71. The highest BCUT2D eigenvalue weighted by atomic mass is 16.3. The molecule has 4 heterocycles. The number of aliphatic hydroxyl groups excluding tert-OH is 1. The summed E-state index contributed by atoms with van der Waals surface area (Å²) in [6, 6.07) is 0. The number of amides is 1. The zero-order chi connectivity index (χ0) is 19.4. The van der Waals surface area contributed by atoms with Gasteiger partial charge in [-0.3, -0.25) is 14.9 Å². The summed E-state index contributed by atoms with van der Waals surface area (Å²) >= 11 is 0. The predicted octanol–water partition coefficient (Wildman–Crippen LogP) is 1.40. The first-order valence-corrected chi connectivity index (χ1v) is 10.1. The SMILES string of the molecule is O=C(CCCc1cn[nH]c1)N1CCC2(CC1)CC(O)CN(c1cnccn1)C2. The maximum atomic E-state index is 12.6. The van der Waals surface area contributed by atoms with Crippen LogP contribution in [0.25, 0.3) is 0 Å². The van der Waals surface area contributed by atoms with Crippen LogP contribution < -0.4 is 4.90 Å². The van der Waals surface area contributed by atoms with E-state index in [-0.39, 0.29) is 17.4 Å². The second kappa shape index (κ2) is 8.26. The first-order chi connectivity index (χ1) is 13.6. The van der Waals surface area contributed by atoms with Crippen LogP contribution in [0.15, 0.2) is 31.0 Å². The van der Waals surface area contributed by atoms with Crippen molar-refractivity contribution in [1.82, 2.24) is 25.1 Å². The molecule has 0 radical (unpaired) electrons. The van der Waals surface area contributed by atoms with Crippen molar-refractivity contribution in [3.8, 4) is 0 Å². The maximum Gasteiger partial charge on any atom is 0.222 e. The standard InChI is InChI=1S/C20H28N6O2/c27-17-10-20(15-26(14-17)18-13-21-6-7-22-18)4-8-25(9-5-20)19(28)3-1-2-16-11-23-24-12-16/h6-7,11-13,17,27H,1-5,8-10,14-15H2,(H,23,24). The van der Waals surface area contributed by atoms with E-state index < -0.39 is 0 Å². The summed E-state index contributed by atoms with van der Waals surface area (Å²) in [6.07, 6.45) is 13.4. The van der Waals surface area contributed by atoms with Gasteiger partial charge in [0, 0.05) is 51.2 Å². The Kier molecular flexibility index (Phi) is 5.57. The molecule has 2 aliphatic heterocycles. The number of aromatic amines is 1. The van der Waals surface area contributed by atoms with Gasteiger partial charge in [0.2, 0.25) is 5.91 Å². The van der Waals surface area contributed by atoms with Crippen LogP contribution in [-0.2, 0) is 11.2 Å². The van der Waals surface area contributed by atoms with Gasteiger partial charge in [0.1, 0.15) is 5.82 Å². The smallest absolute Gasteiger partial charge is 0.222 e. The molecule has 0 bridgehead atoms. The number of nitrogens with one attached hydrogen (secondary N) is 1. The molecule has 1 atom stereocenters. The third-order valence-corrected chi connectivity index (χ3v) is 6.09. The molecule has 28 heavy (non-hydrogen) atoms. The summed E-state index contributed by atoms with van der Waals surface area (Å²) in [6.45, 7) is 3.00. The highest BCUT2D eigenvalue weighted by Gasteiger charge is 2.42. The van der Waals surface area contributed by atoms with Crippen molar-refractivity contribution in [3.05, 3.63) is 36.5 Å². The largest absolute Gasteiger partial charge is 0.391 e. The van der Waals surface area contributed by atoms with Gasteiger partial charge < -0.3 is 14.9 Å². The Balaban J connectivity index is 1.30. The molecule has 150 valence electrons. The minimum absolute atomic E-state index is 0.0444. The number of aromatic nitrogens is 4. The minimum atomic E-state index is -0.368. The van der Waals surface area contributed by atoms with Crippen molar-refractivity contribution >= 4 is 11.7 Å². The fourth-order valence-corrected chi connectivity index (χ4v) is 4.59. The van der Waals surface area contributed by atoms with Crippen LogP contribution >= 0.6 is 0 Å². The lowest BCUT2D eigenvalue weighted by Gasteiger charge is -2.49. The number of anilines is 1. The molecule has 1 spiro atoms. The first-order valence-electron chi connectivity index (χ1n) is 10.1. The van der Waals surface area contributed by atoms with Crippen LogP contribution in [0.4, 0.5) is 5.82 Å². The molecule has 1 amide bonds. The monoisotopic (exact) mass is 384 g/mol. The predicted molar refractivity (Wildman–Crippen MR) is 105 cm³/mol. The van der Waals surface area contributed by atoms with Crippen molar-refractivity contribution in [2.45, 2.75) is 44.6 Å². The van der Waals surface area contributed by atoms with Crippen LogP contribution in [0, 0.1) is 5.41 Å². The molecule has 2 aliphatic rings. The summed E-state index contributed by atoms with van der Waals surface area (Å²) in [7, 11) is 0. The number of hydrogen-bond acceptors (Lipinski definition) is 6. The zero-order valence-corrected chi connectivity index (χ0v) is 16.1. The van der Waals surface area contributed by atoms with E-state index in [1.54, 1.807) is 18.6 Å². The van der Waals surface area contributed by atoms with Gasteiger partial charge in [-0.2, -0.15) is 5.10 Å². The number of likely N-dealkylation sites (tertiary alicyclic amines) is 1. The van der Waals surface area contributed by atoms with Crippen molar-refractivity contribution < 1.29 is 9.90 Å². The average Bonchev–Trinajstić information content (AvgIpc) is 3.22. The van der Waals surface area contributed by atoms with E-state index in [1.165, 1.54) is 0 Å². The van der Waals surface area contributed by atoms with Crippen molar-refractivity contribution in [3.63, 3.8) is 0 Å². The van der Waals surface area contributed by atoms with Gasteiger partial charge in [-0.05, 0) is 43.1 Å². The van der Waals surface area contributed by atoms with Crippen LogP contribution in [0.2, 0.25) is 0 Å². The lowest BCUT2D eigenvalue weighted by Crippen LogP contribution is -2.54. The van der Waals surface area contributed by atoms with Gasteiger partial charge >= 0.3 is 0 Å². The van der Waals surface area contributed by atoms with Crippen molar-refractivity contribution in [2.24, 2.45) is 5.41 Å². The molecule has 8 heteroatoms. The summed E-state index contributed by atoms with van der Waals surface area (Å²) < 4.78 is 0. The van der Waals surface area contributed by atoms with Gasteiger partial charge in [0.25, 0.3) is 0 Å². The summed E-state index contributed by atoms with van der Waals surface area (Å²) in [5, 5.41) is 17.2. The third-order valence-electron chi connectivity index (χ3n) is 6.09. The fraction of sp³-hybridized carbons (Fsp3) is 0.600. The molecule has 4 rings (SSSR count). The molecule has 2 saturated heterocycles. The average molecular weight is 384 g/mol. The van der Waals surface area contributed by atoms with E-state index in [0.717, 1.165) is 63.1 Å². The molecule has 2 N–H and O–H groups in total. The number of hydrogen-bond donors (Lipinski definition) is 2. The minimum Gasteiger partial charge on any atom is -0.391 e. The topological polar surface area (TPSA) is 98.2 Å². The van der Waals surface area contributed by atoms with Crippen LogP contribution in [0.1, 0.15) is 37.7 Å². The summed E-state index contributed by atoms with van der Waals surface area (Å²) in [4.78, 5) is 25.3. The van der Waals surface area contributed by atoms with Crippen molar-refractivity contribution in [2.75, 3.05) is 31.1 Å². The maximum absolute atomic E-state index is 12.6. The highest BCUT2D eigenvalue weighted by molar-refractivity contribution is 5.76. The molecular formula is C20H28N6O2. The Morgan fingerprint density at radius 1 is 1.29 bits per heavy atom. The third kappa shape index (κ3) is 4.32. The summed E-state index contributed by atoms with van der Waals surface area (Å²) in [5.41, 5.74) is 1.19. The molecule has 2 aromatic heterocycles. The van der Waals surface area contributed by atoms with Gasteiger partial charge in [-0.15, -0.1) is 0 Å². The molecule has 0 aromatic carbocycles. The molecule has 8 nitrogen and oxygen atoms in total. The fourth-order valence-electron chi connectivity index (χ4n) is 4.59. The zero-order valence-electron chi connectivity index (χ0n) is 16.1. The first kappa shape index (κ1) is 18.9. The van der Waals surface area contributed by atoms with E-state index in [9.17, 15) is 9.90 Å². The number of carbonyl (C=O) groups is 1.